The number of benzene rings is 1. The van der Waals surface area contributed by atoms with Crippen LogP contribution in [0.25, 0.3) is 10.6 Å². The second-order valence-electron chi connectivity index (χ2n) is 6.27. The van der Waals surface area contributed by atoms with Gasteiger partial charge in [0.25, 0.3) is 0 Å². The molecular weight excluding hydrogens is 328 g/mol. The Balaban J connectivity index is 1.61. The van der Waals surface area contributed by atoms with Gasteiger partial charge in [0.1, 0.15) is 5.01 Å². The molecule has 0 aliphatic heterocycles. The molecule has 0 saturated heterocycles. The number of rotatable bonds is 4. The van der Waals surface area contributed by atoms with E-state index in [1.54, 1.807) is 11.3 Å². The fourth-order valence-electron chi connectivity index (χ4n) is 3.10. The number of thiazole rings is 1. The Morgan fingerprint density at radius 1 is 1.39 bits per heavy atom. The average molecular weight is 349 g/mol. The molecule has 5 heteroatoms. The van der Waals surface area contributed by atoms with Crippen molar-refractivity contribution in [3.63, 3.8) is 0 Å². The molecule has 1 heterocycles. The molecule has 0 bridgehead atoms. The van der Waals surface area contributed by atoms with E-state index in [1.165, 1.54) is 19.3 Å². The monoisotopic (exact) mass is 348 g/mol. The van der Waals surface area contributed by atoms with Crippen LogP contribution in [0.3, 0.4) is 0 Å². The number of hydrogen-bond acceptors (Lipinski definition) is 3. The first-order valence-electron chi connectivity index (χ1n) is 8.11. The Morgan fingerprint density at radius 3 is 3.00 bits per heavy atom. The molecule has 1 aliphatic carbocycles. The molecular formula is C18H21ClN2OS. The molecule has 1 aromatic carbocycles. The number of carbonyl (C=O) groups excluding carboxylic acids is 1. The molecule has 2 atom stereocenters. The number of halogens is 1. The minimum Gasteiger partial charge on any atom is -0.353 e. The van der Waals surface area contributed by atoms with E-state index in [-0.39, 0.29) is 5.91 Å². The standard InChI is InChI=1S/C18H21ClN2OS/c1-12-5-2-3-8-16(12)21-17(22)10-15-11-23-18(20-15)13-6-4-7-14(19)9-13/h4,6-7,9,11-12,16H,2-3,5,8,10H2,1H3,(H,21,22)/t12-,16-/m1/s1. The van der Waals surface area contributed by atoms with Gasteiger partial charge in [0.05, 0.1) is 12.1 Å². The number of nitrogens with zero attached hydrogens (tertiary/aromatic N) is 1. The maximum atomic E-state index is 12.3. The van der Waals surface area contributed by atoms with Crippen LogP contribution in [0.1, 0.15) is 38.3 Å². The Morgan fingerprint density at radius 2 is 2.22 bits per heavy atom. The number of aromatic nitrogens is 1. The summed E-state index contributed by atoms with van der Waals surface area (Å²) in [6.45, 7) is 2.23. The predicted octanol–water partition coefficient (Wildman–Crippen LogP) is 4.70. The van der Waals surface area contributed by atoms with Crippen LogP contribution in [0.15, 0.2) is 29.6 Å². The molecule has 1 amide bonds. The van der Waals surface area contributed by atoms with E-state index in [4.69, 9.17) is 11.6 Å². The first-order chi connectivity index (χ1) is 11.1. The third-order valence-corrected chi connectivity index (χ3v) is 5.60. The van der Waals surface area contributed by atoms with E-state index in [9.17, 15) is 4.79 Å². The van der Waals surface area contributed by atoms with Gasteiger partial charge in [0.15, 0.2) is 0 Å². The molecule has 0 spiro atoms. The van der Waals surface area contributed by atoms with Gasteiger partial charge >= 0.3 is 0 Å². The van der Waals surface area contributed by atoms with E-state index < -0.39 is 0 Å². The van der Waals surface area contributed by atoms with Crippen molar-refractivity contribution in [3.8, 4) is 10.6 Å². The highest BCUT2D eigenvalue weighted by Crippen LogP contribution is 2.27. The summed E-state index contributed by atoms with van der Waals surface area (Å²) in [5.41, 5.74) is 1.82. The minimum absolute atomic E-state index is 0.0756. The van der Waals surface area contributed by atoms with Crippen LogP contribution in [0, 0.1) is 5.92 Å². The molecule has 3 nitrogen and oxygen atoms in total. The fraction of sp³-hybridized carbons (Fsp3) is 0.444. The van der Waals surface area contributed by atoms with Crippen molar-refractivity contribution in [1.29, 1.82) is 0 Å². The lowest BCUT2D eigenvalue weighted by molar-refractivity contribution is -0.121. The van der Waals surface area contributed by atoms with Crippen molar-refractivity contribution in [2.75, 3.05) is 0 Å². The van der Waals surface area contributed by atoms with Crippen molar-refractivity contribution < 1.29 is 4.79 Å². The average Bonchev–Trinajstić information content (AvgIpc) is 2.98. The van der Waals surface area contributed by atoms with E-state index in [0.717, 1.165) is 22.7 Å². The van der Waals surface area contributed by atoms with Crippen LogP contribution in [0.5, 0.6) is 0 Å². The Hall–Kier alpha value is -1.39. The summed E-state index contributed by atoms with van der Waals surface area (Å²) in [7, 11) is 0. The summed E-state index contributed by atoms with van der Waals surface area (Å²) in [5.74, 6) is 0.650. The lowest BCUT2D eigenvalue weighted by Crippen LogP contribution is -2.41. The number of amides is 1. The van der Waals surface area contributed by atoms with Gasteiger partial charge < -0.3 is 5.32 Å². The number of nitrogens with one attached hydrogen (secondary N) is 1. The highest BCUT2D eigenvalue weighted by atomic mass is 35.5. The molecule has 1 saturated carbocycles. The van der Waals surface area contributed by atoms with E-state index in [2.05, 4.69) is 17.2 Å². The molecule has 1 aromatic heterocycles. The maximum absolute atomic E-state index is 12.3. The van der Waals surface area contributed by atoms with Gasteiger partial charge in [0, 0.05) is 22.0 Å². The quantitative estimate of drug-likeness (QED) is 0.870. The van der Waals surface area contributed by atoms with Crippen molar-refractivity contribution in [2.24, 2.45) is 5.92 Å². The zero-order valence-electron chi connectivity index (χ0n) is 13.2. The van der Waals surface area contributed by atoms with Crippen LogP contribution in [0.4, 0.5) is 0 Å². The molecule has 1 fully saturated rings. The number of carbonyl (C=O) groups is 1. The zero-order chi connectivity index (χ0) is 16.2. The van der Waals surface area contributed by atoms with Crippen molar-refractivity contribution >= 4 is 28.8 Å². The van der Waals surface area contributed by atoms with Crippen LogP contribution < -0.4 is 5.32 Å². The first-order valence-corrected chi connectivity index (χ1v) is 9.37. The third kappa shape index (κ3) is 4.33. The molecule has 23 heavy (non-hydrogen) atoms. The first kappa shape index (κ1) is 16.5. The van der Waals surface area contributed by atoms with Gasteiger partial charge in [-0.25, -0.2) is 4.98 Å². The Bertz CT molecular complexity index is 685. The van der Waals surface area contributed by atoms with Crippen LogP contribution in [0.2, 0.25) is 5.02 Å². The highest BCUT2D eigenvalue weighted by Gasteiger charge is 2.23. The lowest BCUT2D eigenvalue weighted by Gasteiger charge is -2.29. The van der Waals surface area contributed by atoms with E-state index >= 15 is 0 Å². The maximum Gasteiger partial charge on any atom is 0.226 e. The van der Waals surface area contributed by atoms with Gasteiger partial charge in [-0.2, -0.15) is 0 Å². The molecule has 1 N–H and O–H groups in total. The van der Waals surface area contributed by atoms with Crippen molar-refractivity contribution in [1.82, 2.24) is 10.3 Å². The Labute approximate surface area is 146 Å². The van der Waals surface area contributed by atoms with Crippen molar-refractivity contribution in [2.45, 2.75) is 45.1 Å². The summed E-state index contributed by atoms with van der Waals surface area (Å²) >= 11 is 7.57. The van der Waals surface area contributed by atoms with Gasteiger partial charge in [0.2, 0.25) is 5.91 Å². The van der Waals surface area contributed by atoms with E-state index in [1.807, 2.05) is 29.6 Å². The summed E-state index contributed by atoms with van der Waals surface area (Å²) < 4.78 is 0. The summed E-state index contributed by atoms with van der Waals surface area (Å²) in [6, 6.07) is 7.96. The highest BCUT2D eigenvalue weighted by molar-refractivity contribution is 7.13. The fourth-order valence-corrected chi connectivity index (χ4v) is 4.10. The topological polar surface area (TPSA) is 42.0 Å². The second kappa shape index (κ2) is 7.45. The van der Waals surface area contributed by atoms with Gasteiger partial charge in [-0.15, -0.1) is 11.3 Å². The largest absolute Gasteiger partial charge is 0.353 e. The normalized spacial score (nSPS) is 21.1. The Kier molecular flexibility index (Phi) is 5.34. The molecule has 1 aliphatic rings. The summed E-state index contributed by atoms with van der Waals surface area (Å²) in [4.78, 5) is 16.8. The molecule has 0 unspecified atom stereocenters. The predicted molar refractivity (Wildman–Crippen MR) is 95.8 cm³/mol. The van der Waals surface area contributed by atoms with Crippen LogP contribution in [-0.2, 0) is 11.2 Å². The molecule has 122 valence electrons. The van der Waals surface area contributed by atoms with Crippen LogP contribution in [-0.4, -0.2) is 16.9 Å². The zero-order valence-corrected chi connectivity index (χ0v) is 14.8. The summed E-state index contributed by atoms with van der Waals surface area (Å²) in [5, 5.41) is 6.74. The van der Waals surface area contributed by atoms with Gasteiger partial charge in [-0.05, 0) is 30.9 Å². The lowest BCUT2D eigenvalue weighted by atomic mass is 9.86. The van der Waals surface area contributed by atoms with Crippen molar-refractivity contribution in [3.05, 3.63) is 40.4 Å². The SMILES string of the molecule is C[C@@H]1CCCC[C@H]1NC(=O)Cc1csc(-c2cccc(Cl)c2)n1. The number of hydrogen-bond donors (Lipinski definition) is 1. The third-order valence-electron chi connectivity index (χ3n) is 4.42. The molecule has 0 radical (unpaired) electrons. The molecule has 2 aromatic rings. The van der Waals surface area contributed by atoms with Crippen LogP contribution >= 0.6 is 22.9 Å². The second-order valence-corrected chi connectivity index (χ2v) is 7.56. The van der Waals surface area contributed by atoms with Gasteiger partial charge in [-0.1, -0.05) is 43.5 Å². The molecule has 3 rings (SSSR count). The smallest absolute Gasteiger partial charge is 0.226 e. The van der Waals surface area contributed by atoms with E-state index in [0.29, 0.717) is 23.4 Å². The summed E-state index contributed by atoms with van der Waals surface area (Å²) in [6.07, 6.45) is 5.14. The minimum atomic E-state index is 0.0756. The van der Waals surface area contributed by atoms with Gasteiger partial charge in [-0.3, -0.25) is 4.79 Å².